The van der Waals surface area contributed by atoms with Crippen molar-refractivity contribution in [2.75, 3.05) is 11.5 Å². The molecule has 1 aromatic rings. The van der Waals surface area contributed by atoms with Crippen LogP contribution in [0.1, 0.15) is 30.4 Å². The molecule has 1 heterocycles. The first kappa shape index (κ1) is 13.8. The molecule has 1 saturated carbocycles. The zero-order chi connectivity index (χ0) is 15.0. The van der Waals surface area contributed by atoms with E-state index in [4.69, 9.17) is 5.11 Å². The zero-order valence-corrected chi connectivity index (χ0v) is 11.9. The molecular weight excluding hydrogens is 266 g/mol. The maximum Gasteiger partial charge on any atom is 0.236 e. The third-order valence-corrected chi connectivity index (χ3v) is 4.27. The molecule has 1 aromatic carbocycles. The van der Waals surface area contributed by atoms with Gasteiger partial charge in [0.1, 0.15) is 6.61 Å². The third kappa shape index (κ3) is 2.34. The number of fused-ring (bicyclic) bond motifs is 2. The smallest absolute Gasteiger partial charge is 0.236 e. The largest absolute Gasteiger partial charge is 0.384 e. The highest BCUT2D eigenvalue weighted by Gasteiger charge is 2.46. The molecule has 108 valence electrons. The van der Waals surface area contributed by atoms with Crippen LogP contribution < -0.4 is 4.90 Å². The number of aliphatic hydroxyl groups is 1. The summed E-state index contributed by atoms with van der Waals surface area (Å²) in [7, 11) is 0. The van der Waals surface area contributed by atoms with Gasteiger partial charge in [-0.3, -0.25) is 9.59 Å². The first-order chi connectivity index (χ1) is 10.1. The van der Waals surface area contributed by atoms with Gasteiger partial charge in [0, 0.05) is 17.4 Å². The van der Waals surface area contributed by atoms with E-state index in [-0.39, 0.29) is 30.3 Å². The van der Waals surface area contributed by atoms with E-state index in [0.29, 0.717) is 17.7 Å². The number of aliphatic hydroxyl groups excluding tert-OH is 1. The van der Waals surface area contributed by atoms with Gasteiger partial charge in [0.05, 0.1) is 5.69 Å². The minimum atomic E-state index is -0.249. The summed E-state index contributed by atoms with van der Waals surface area (Å²) in [5.74, 6) is 5.16. The van der Waals surface area contributed by atoms with Gasteiger partial charge >= 0.3 is 0 Å². The first-order valence-corrected chi connectivity index (χ1v) is 7.20. The summed E-state index contributed by atoms with van der Waals surface area (Å²) in [6.45, 7) is 1.68. The van der Waals surface area contributed by atoms with E-state index >= 15 is 0 Å². The second-order valence-electron chi connectivity index (χ2n) is 5.70. The van der Waals surface area contributed by atoms with Crippen LogP contribution in [0.5, 0.6) is 0 Å². The lowest BCUT2D eigenvalue weighted by Crippen LogP contribution is -2.46. The molecule has 1 saturated heterocycles. The van der Waals surface area contributed by atoms with Crippen molar-refractivity contribution in [1.82, 2.24) is 0 Å². The average Bonchev–Trinajstić information content (AvgIpc) is 2.92. The fourth-order valence-corrected chi connectivity index (χ4v) is 3.22. The molecule has 2 aliphatic rings. The molecule has 1 aliphatic heterocycles. The zero-order valence-electron chi connectivity index (χ0n) is 11.9. The van der Waals surface area contributed by atoms with Crippen LogP contribution in [-0.4, -0.2) is 23.5 Å². The van der Waals surface area contributed by atoms with Crippen LogP contribution in [0.25, 0.3) is 0 Å². The Labute approximate surface area is 123 Å². The van der Waals surface area contributed by atoms with Crippen LogP contribution in [0.3, 0.4) is 0 Å². The molecule has 4 nitrogen and oxygen atoms in total. The van der Waals surface area contributed by atoms with Crippen molar-refractivity contribution in [2.24, 2.45) is 11.8 Å². The number of nitrogens with zero attached hydrogens (tertiary/aromatic N) is 1. The van der Waals surface area contributed by atoms with Crippen molar-refractivity contribution in [2.45, 2.75) is 26.2 Å². The van der Waals surface area contributed by atoms with E-state index in [0.717, 1.165) is 18.4 Å². The Morgan fingerprint density at radius 3 is 2.52 bits per heavy atom. The van der Waals surface area contributed by atoms with Crippen molar-refractivity contribution in [3.05, 3.63) is 29.3 Å². The van der Waals surface area contributed by atoms with Crippen molar-refractivity contribution in [3.8, 4) is 11.8 Å². The minimum absolute atomic E-state index is 0.0346. The van der Waals surface area contributed by atoms with Crippen molar-refractivity contribution < 1.29 is 14.7 Å². The molecular formula is C17H17NO3. The van der Waals surface area contributed by atoms with Crippen LogP contribution in [0.4, 0.5) is 5.69 Å². The topological polar surface area (TPSA) is 57.6 Å². The average molecular weight is 283 g/mol. The van der Waals surface area contributed by atoms with Gasteiger partial charge in [0.2, 0.25) is 11.8 Å². The SMILES string of the molecule is Cc1ccc(N2C(=O)C3CCC(C3)C2=O)c(C#CCO)c1. The molecule has 0 radical (unpaired) electrons. The maximum atomic E-state index is 12.5. The number of piperidine rings is 1. The van der Waals surface area contributed by atoms with E-state index in [2.05, 4.69) is 11.8 Å². The summed E-state index contributed by atoms with van der Waals surface area (Å²) in [6, 6.07) is 5.49. The second kappa shape index (κ2) is 5.34. The van der Waals surface area contributed by atoms with E-state index in [1.165, 1.54) is 4.90 Å². The van der Waals surface area contributed by atoms with Gasteiger partial charge in [-0.1, -0.05) is 17.9 Å². The van der Waals surface area contributed by atoms with Gasteiger partial charge in [-0.05, 0) is 43.9 Å². The quantitative estimate of drug-likeness (QED) is 0.629. The number of carbonyl (C=O) groups excluding carboxylic acids is 2. The lowest BCUT2D eigenvalue weighted by molar-refractivity contribution is -0.133. The molecule has 2 amide bonds. The number of imide groups is 1. The van der Waals surface area contributed by atoms with Gasteiger partial charge in [-0.25, -0.2) is 4.90 Å². The Morgan fingerprint density at radius 2 is 1.90 bits per heavy atom. The molecule has 3 rings (SSSR count). The number of carbonyl (C=O) groups is 2. The molecule has 2 atom stereocenters. The third-order valence-electron chi connectivity index (χ3n) is 4.27. The maximum absolute atomic E-state index is 12.5. The van der Waals surface area contributed by atoms with Crippen molar-refractivity contribution in [1.29, 1.82) is 0 Å². The molecule has 2 fully saturated rings. The second-order valence-corrected chi connectivity index (χ2v) is 5.70. The van der Waals surface area contributed by atoms with Gasteiger partial charge in [-0.15, -0.1) is 0 Å². The van der Waals surface area contributed by atoms with E-state index in [1.807, 2.05) is 19.1 Å². The van der Waals surface area contributed by atoms with Gasteiger partial charge in [-0.2, -0.15) is 0 Å². The fraction of sp³-hybridized carbons (Fsp3) is 0.412. The Bertz CT molecular complexity index is 646. The lowest BCUT2D eigenvalue weighted by Gasteiger charge is -2.30. The van der Waals surface area contributed by atoms with E-state index < -0.39 is 0 Å². The molecule has 4 heteroatoms. The molecule has 1 N–H and O–H groups in total. The van der Waals surface area contributed by atoms with Gasteiger partial charge in [0.25, 0.3) is 0 Å². The predicted octanol–water partition coefficient (Wildman–Crippen LogP) is 1.63. The number of anilines is 1. The summed E-state index contributed by atoms with van der Waals surface area (Å²) < 4.78 is 0. The summed E-state index contributed by atoms with van der Waals surface area (Å²) in [6.07, 6.45) is 2.29. The molecule has 21 heavy (non-hydrogen) atoms. The molecule has 1 aliphatic carbocycles. The van der Waals surface area contributed by atoms with Crippen molar-refractivity contribution in [3.63, 3.8) is 0 Å². The highest BCUT2D eigenvalue weighted by molar-refractivity contribution is 6.19. The lowest BCUT2D eigenvalue weighted by atomic mass is 9.95. The Balaban J connectivity index is 2.07. The Hall–Kier alpha value is -2.12. The van der Waals surface area contributed by atoms with Crippen molar-refractivity contribution >= 4 is 17.5 Å². The monoisotopic (exact) mass is 283 g/mol. The van der Waals surface area contributed by atoms with Crippen LogP contribution in [-0.2, 0) is 9.59 Å². The highest BCUT2D eigenvalue weighted by atomic mass is 16.2. The van der Waals surface area contributed by atoms with Crippen LogP contribution in [0.15, 0.2) is 18.2 Å². The number of amides is 2. The van der Waals surface area contributed by atoms with Crippen LogP contribution in [0.2, 0.25) is 0 Å². The number of hydrogen-bond donors (Lipinski definition) is 1. The number of benzene rings is 1. The Morgan fingerprint density at radius 1 is 1.24 bits per heavy atom. The van der Waals surface area contributed by atoms with Crippen LogP contribution >= 0.6 is 0 Å². The summed E-state index contributed by atoms with van der Waals surface area (Å²) in [5, 5.41) is 8.88. The predicted molar refractivity (Wildman–Crippen MR) is 78.5 cm³/mol. The van der Waals surface area contributed by atoms with E-state index in [9.17, 15) is 9.59 Å². The first-order valence-electron chi connectivity index (χ1n) is 7.20. The summed E-state index contributed by atoms with van der Waals surface area (Å²) in [5.41, 5.74) is 2.17. The number of hydrogen-bond acceptors (Lipinski definition) is 3. The fourth-order valence-electron chi connectivity index (χ4n) is 3.22. The number of aryl methyl sites for hydroxylation is 1. The molecule has 2 unspecified atom stereocenters. The summed E-state index contributed by atoms with van der Waals surface area (Å²) >= 11 is 0. The molecule has 0 aromatic heterocycles. The molecule has 2 bridgehead atoms. The highest BCUT2D eigenvalue weighted by Crippen LogP contribution is 2.40. The normalized spacial score (nSPS) is 24.0. The Kier molecular flexibility index (Phi) is 3.52. The summed E-state index contributed by atoms with van der Waals surface area (Å²) in [4.78, 5) is 26.3. The van der Waals surface area contributed by atoms with Crippen LogP contribution in [0, 0.1) is 30.6 Å². The molecule has 0 spiro atoms. The van der Waals surface area contributed by atoms with Gasteiger partial charge < -0.3 is 5.11 Å². The minimum Gasteiger partial charge on any atom is -0.384 e. The number of rotatable bonds is 1. The van der Waals surface area contributed by atoms with E-state index in [1.54, 1.807) is 6.07 Å². The van der Waals surface area contributed by atoms with Gasteiger partial charge in [0.15, 0.2) is 0 Å². The standard InChI is InChI=1S/C17H17NO3/c1-11-4-7-15(12(9-11)3-2-8-19)18-16(20)13-5-6-14(10-13)17(18)21/h4,7,9,13-14,19H,5-6,8,10H2,1H3.